The Hall–Kier alpha value is -2.93. The Balaban J connectivity index is 1.94. The maximum atomic E-state index is 4.77. The van der Waals surface area contributed by atoms with Gasteiger partial charge >= 0.3 is 0 Å². The van der Waals surface area contributed by atoms with E-state index in [9.17, 15) is 0 Å². The van der Waals surface area contributed by atoms with E-state index in [4.69, 9.17) is 4.98 Å². The van der Waals surface area contributed by atoms with Gasteiger partial charge in [0.1, 0.15) is 0 Å². The highest BCUT2D eigenvalue weighted by atomic mass is 14.7. The molecule has 4 aromatic rings. The topological polar surface area (TPSA) is 12.9 Å². The van der Waals surface area contributed by atoms with Crippen molar-refractivity contribution in [2.45, 2.75) is 6.42 Å². The molecule has 4 rings (SSSR count). The smallest absolute Gasteiger partial charge is 0.0743 e. The number of fused-ring (bicyclic) bond motifs is 1. The average Bonchev–Trinajstić information content (AvgIpc) is 2.64. The van der Waals surface area contributed by atoms with Crippen molar-refractivity contribution in [3.05, 3.63) is 102 Å². The van der Waals surface area contributed by atoms with Crippen LogP contribution in [0.3, 0.4) is 0 Å². The Kier molecular flexibility index (Phi) is 3.61. The van der Waals surface area contributed by atoms with E-state index in [-0.39, 0.29) is 0 Å². The van der Waals surface area contributed by atoms with E-state index in [1.807, 2.05) is 12.3 Å². The SMILES string of the molecule is c1ccc(Cc2c(-c3ccccc3)ncc3ccccc23)cc1. The lowest BCUT2D eigenvalue weighted by Crippen LogP contribution is -1.97. The third-order valence-electron chi connectivity index (χ3n) is 4.18. The van der Waals surface area contributed by atoms with Crippen LogP contribution in [0.4, 0.5) is 0 Å². The Bertz CT molecular complexity index is 928. The molecule has 1 heterocycles. The molecule has 1 nitrogen and oxygen atoms in total. The minimum Gasteiger partial charge on any atom is -0.255 e. The van der Waals surface area contributed by atoms with E-state index in [1.54, 1.807) is 0 Å². The quantitative estimate of drug-likeness (QED) is 0.487. The van der Waals surface area contributed by atoms with Gasteiger partial charge in [-0.25, -0.2) is 0 Å². The second kappa shape index (κ2) is 6.05. The van der Waals surface area contributed by atoms with Gasteiger partial charge in [-0.1, -0.05) is 84.9 Å². The summed E-state index contributed by atoms with van der Waals surface area (Å²) < 4.78 is 0. The number of hydrogen-bond donors (Lipinski definition) is 0. The van der Waals surface area contributed by atoms with Gasteiger partial charge < -0.3 is 0 Å². The molecule has 0 aliphatic rings. The van der Waals surface area contributed by atoms with Gasteiger partial charge in [0.05, 0.1) is 5.69 Å². The summed E-state index contributed by atoms with van der Waals surface area (Å²) >= 11 is 0. The monoisotopic (exact) mass is 295 g/mol. The van der Waals surface area contributed by atoms with E-state index >= 15 is 0 Å². The minimum atomic E-state index is 0.888. The van der Waals surface area contributed by atoms with Crippen molar-refractivity contribution in [1.29, 1.82) is 0 Å². The summed E-state index contributed by atoms with van der Waals surface area (Å²) in [6.07, 6.45) is 2.87. The zero-order valence-corrected chi connectivity index (χ0v) is 12.8. The molecule has 0 bridgehead atoms. The van der Waals surface area contributed by atoms with E-state index in [0.717, 1.165) is 12.1 Å². The Morgan fingerprint density at radius 1 is 0.652 bits per heavy atom. The Labute approximate surface area is 136 Å². The molecule has 1 heteroatoms. The van der Waals surface area contributed by atoms with E-state index < -0.39 is 0 Å². The van der Waals surface area contributed by atoms with Crippen molar-refractivity contribution in [1.82, 2.24) is 4.98 Å². The molecule has 0 amide bonds. The summed E-state index contributed by atoms with van der Waals surface area (Å²) in [6.45, 7) is 0. The zero-order valence-electron chi connectivity index (χ0n) is 12.8. The largest absolute Gasteiger partial charge is 0.255 e. The molecule has 0 saturated heterocycles. The molecule has 0 spiro atoms. The molecule has 110 valence electrons. The molecule has 0 N–H and O–H groups in total. The van der Waals surface area contributed by atoms with Gasteiger partial charge in [-0.2, -0.15) is 0 Å². The lowest BCUT2D eigenvalue weighted by molar-refractivity contribution is 1.18. The molecule has 3 aromatic carbocycles. The maximum Gasteiger partial charge on any atom is 0.0743 e. The van der Waals surface area contributed by atoms with Gasteiger partial charge in [-0.05, 0) is 16.5 Å². The fourth-order valence-corrected chi connectivity index (χ4v) is 3.05. The Morgan fingerprint density at radius 2 is 1.30 bits per heavy atom. The van der Waals surface area contributed by atoms with Gasteiger partial charge in [0, 0.05) is 23.6 Å². The van der Waals surface area contributed by atoms with Crippen molar-refractivity contribution >= 4 is 10.8 Å². The fraction of sp³-hybridized carbons (Fsp3) is 0.0455. The van der Waals surface area contributed by atoms with E-state index in [1.165, 1.54) is 27.5 Å². The van der Waals surface area contributed by atoms with E-state index in [2.05, 4.69) is 78.9 Å². The zero-order chi connectivity index (χ0) is 15.5. The molecular weight excluding hydrogens is 278 g/mol. The lowest BCUT2D eigenvalue weighted by atomic mass is 9.95. The van der Waals surface area contributed by atoms with Crippen molar-refractivity contribution in [3.8, 4) is 11.3 Å². The van der Waals surface area contributed by atoms with Crippen molar-refractivity contribution in [2.75, 3.05) is 0 Å². The number of aromatic nitrogens is 1. The average molecular weight is 295 g/mol. The summed E-state index contributed by atoms with van der Waals surface area (Å²) in [5, 5.41) is 2.48. The van der Waals surface area contributed by atoms with Crippen LogP contribution in [0, 0.1) is 0 Å². The molecule has 0 aliphatic heterocycles. The van der Waals surface area contributed by atoms with Crippen molar-refractivity contribution in [3.63, 3.8) is 0 Å². The highest BCUT2D eigenvalue weighted by molar-refractivity contribution is 5.90. The minimum absolute atomic E-state index is 0.888. The van der Waals surface area contributed by atoms with Crippen LogP contribution in [0.25, 0.3) is 22.0 Å². The van der Waals surface area contributed by atoms with Crippen LogP contribution in [0.2, 0.25) is 0 Å². The first kappa shape index (κ1) is 13.7. The van der Waals surface area contributed by atoms with Crippen LogP contribution < -0.4 is 0 Å². The molecule has 0 saturated carbocycles. The summed E-state index contributed by atoms with van der Waals surface area (Å²) in [5.41, 5.74) is 4.85. The molecule has 0 unspecified atom stereocenters. The van der Waals surface area contributed by atoms with Crippen LogP contribution in [-0.4, -0.2) is 4.98 Å². The molecular formula is C22H17N. The van der Waals surface area contributed by atoms with Crippen LogP contribution in [-0.2, 0) is 6.42 Å². The fourth-order valence-electron chi connectivity index (χ4n) is 3.05. The third-order valence-corrected chi connectivity index (χ3v) is 4.18. The predicted octanol–water partition coefficient (Wildman–Crippen LogP) is 5.49. The van der Waals surface area contributed by atoms with Crippen LogP contribution >= 0.6 is 0 Å². The van der Waals surface area contributed by atoms with E-state index in [0.29, 0.717) is 0 Å². The van der Waals surface area contributed by atoms with Gasteiger partial charge in [-0.15, -0.1) is 0 Å². The van der Waals surface area contributed by atoms with Gasteiger partial charge in [0.2, 0.25) is 0 Å². The second-order valence-corrected chi connectivity index (χ2v) is 5.70. The molecule has 0 atom stereocenters. The summed E-state index contributed by atoms with van der Waals surface area (Å²) in [4.78, 5) is 4.77. The van der Waals surface area contributed by atoms with Gasteiger partial charge in [0.15, 0.2) is 0 Å². The van der Waals surface area contributed by atoms with Crippen molar-refractivity contribution in [2.24, 2.45) is 0 Å². The number of nitrogens with zero attached hydrogens (tertiary/aromatic N) is 1. The second-order valence-electron chi connectivity index (χ2n) is 5.70. The predicted molar refractivity (Wildman–Crippen MR) is 96.4 cm³/mol. The van der Waals surface area contributed by atoms with Crippen LogP contribution in [0.5, 0.6) is 0 Å². The highest BCUT2D eigenvalue weighted by Crippen LogP contribution is 2.30. The first-order chi connectivity index (χ1) is 11.4. The Morgan fingerprint density at radius 3 is 2.09 bits per heavy atom. The standard InChI is InChI=1S/C22H17N/c1-3-9-17(10-4-1)15-21-20-14-8-7-13-19(20)16-23-22(21)18-11-5-2-6-12-18/h1-14,16H,15H2. The van der Waals surface area contributed by atoms with Gasteiger partial charge in [-0.3, -0.25) is 4.98 Å². The molecule has 1 aromatic heterocycles. The highest BCUT2D eigenvalue weighted by Gasteiger charge is 2.11. The maximum absolute atomic E-state index is 4.77. The third kappa shape index (κ3) is 2.74. The normalized spacial score (nSPS) is 10.8. The number of hydrogen-bond acceptors (Lipinski definition) is 1. The van der Waals surface area contributed by atoms with Gasteiger partial charge in [0.25, 0.3) is 0 Å². The number of pyridine rings is 1. The first-order valence-electron chi connectivity index (χ1n) is 7.88. The number of benzene rings is 3. The summed E-state index contributed by atoms with van der Waals surface area (Å²) in [7, 11) is 0. The first-order valence-corrected chi connectivity index (χ1v) is 7.88. The molecule has 0 aliphatic carbocycles. The molecule has 0 fully saturated rings. The molecule has 23 heavy (non-hydrogen) atoms. The summed E-state index contributed by atoms with van der Waals surface area (Å²) in [6, 6.07) is 29.5. The summed E-state index contributed by atoms with van der Waals surface area (Å²) in [5.74, 6) is 0. The molecule has 0 radical (unpaired) electrons. The van der Waals surface area contributed by atoms with Crippen molar-refractivity contribution < 1.29 is 0 Å². The van der Waals surface area contributed by atoms with Crippen LogP contribution in [0.1, 0.15) is 11.1 Å². The van der Waals surface area contributed by atoms with Crippen LogP contribution in [0.15, 0.2) is 91.1 Å². The lowest BCUT2D eigenvalue weighted by Gasteiger charge is -2.13. The number of rotatable bonds is 3.